The number of carbonyl (C=O) groups excluding carboxylic acids is 10. The van der Waals surface area contributed by atoms with Crippen molar-refractivity contribution in [3.05, 3.63) is 215 Å². The molecule has 2 unspecified atom stereocenters. The minimum Gasteiger partial charge on any atom is -0.462 e. The highest BCUT2D eigenvalue weighted by atomic mass is 19.1. The van der Waals surface area contributed by atoms with Crippen LogP contribution in [-0.2, 0) is 152 Å². The number of ether oxygens (including phenoxy) is 17. The zero-order chi connectivity index (χ0) is 150. The summed E-state index contributed by atoms with van der Waals surface area (Å²) in [6.07, 6.45) is -14.4. The molecule has 0 amide bonds. The van der Waals surface area contributed by atoms with E-state index in [1.807, 2.05) is 110 Å². The standard InChI is InChI=1S/C35H39FO8.C30H33FO7.C20H26O8.C13H20O8.28H2/c1-22(37)10-8-13-27-16-17-30(19-31(27)28-14-9-15-29(36)18-28)43-35-34(42-25(4)39)33(41-24(3)38)23(2)32(44-35)21-40-20-26-11-6-5-7-12-26;1-19(32)7-5-10-21-13-14-24(16-25(21)22-11-6-12-23(31)15-22)37-30-29(35)28(34)27(33)26(38-30)18-36-17-20-8-3-2-4-9-20;1-12-17(11-24-10-16-8-6-5-7-9-16)28-20(27-15(4)23)19(26-14(3)22)18(12)25-13(2)21;1-6-10(5-14)21-13(20-9(4)17)12(19-8(3)16)11(6)18-7(2)15;;;;;;;;;;;;;;;;;;;;;;;;;;;;/h5-7,9,11-12,14-19,23,32-35H,8,10,13,20-21H2,1-4H3;2-4,6,8-9,11-16,26-30,33-35H,5,7,10,17-18H2,1H3;5-9,12,17-20H,10-11H2,1-4H3;6,10-14H,5H2,1-4H3;28*1H/t23-,32-,33+,34+,35-;26-,27-,28+,29+,30+;12-,17-,18+,19+,20?;6-,10-,11+,12+,13?;;;;;;;;;;;;;;;;;;;;;;;;;;;;/m0000............................/s1/i;;;;27*1+2T;1+2. The Hall–Kier alpha value is -11.3. The summed E-state index contributed by atoms with van der Waals surface area (Å²) in [5, 5.41) is 40.8. The summed E-state index contributed by atoms with van der Waals surface area (Å²) in [7, 11) is 0. The molecule has 0 radical (unpaired) electrons. The third-order valence-corrected chi connectivity index (χ3v) is 21.3. The number of hydrogen-bond acceptors (Lipinski definition) is 31. The molecule has 131 heavy (non-hydrogen) atoms. The van der Waals surface area contributed by atoms with Gasteiger partial charge in [-0.25, -0.2) is 8.78 Å². The van der Waals surface area contributed by atoms with Crippen molar-refractivity contribution >= 4 is 59.3 Å². The van der Waals surface area contributed by atoms with Crippen molar-refractivity contribution in [1.29, 1.82) is 0 Å². The molecule has 20 atom stereocenters. The van der Waals surface area contributed by atoms with E-state index in [-0.39, 0.29) is 57.0 Å². The molecule has 766 valence electrons. The smallest absolute Gasteiger partial charge is 0.305 e. The Bertz CT molecular complexity index is 5010. The van der Waals surface area contributed by atoms with Gasteiger partial charge in [0.1, 0.15) is 77.4 Å². The largest absolute Gasteiger partial charge is 0.462 e. The van der Waals surface area contributed by atoms with Crippen molar-refractivity contribution < 1.29 is 239 Å². The van der Waals surface area contributed by atoms with Crippen molar-refractivity contribution in [3.8, 4) is 33.8 Å². The lowest BCUT2D eigenvalue weighted by molar-refractivity contribution is -0.287. The van der Waals surface area contributed by atoms with E-state index in [4.69, 9.17) is 161 Å². The third-order valence-electron chi connectivity index (χ3n) is 21.3. The quantitative estimate of drug-likeness (QED) is 0.0212. The maximum absolute atomic E-state index is 14.2. The Balaban J connectivity index is -0.0000000925. The monoisotopic (exact) mass is 2000 g/mol. The summed E-state index contributed by atoms with van der Waals surface area (Å²) in [5.74, 6) is -5.81. The van der Waals surface area contributed by atoms with Gasteiger partial charge in [-0.1, -0.05) is 148 Å². The average molecular weight is 2000 g/mol. The zero-order valence-corrected chi connectivity index (χ0v) is 75.6. The van der Waals surface area contributed by atoms with Crippen molar-refractivity contribution in [2.45, 2.75) is 253 Å². The normalized spacial score (nSPS) is 26.5. The lowest BCUT2D eigenvalue weighted by Gasteiger charge is -2.43. The van der Waals surface area contributed by atoms with E-state index >= 15 is 0 Å². The Morgan fingerprint density at radius 2 is 0.656 bits per heavy atom. The number of rotatable bonds is 35. The van der Waals surface area contributed by atoms with Crippen LogP contribution in [0.5, 0.6) is 11.5 Å². The Morgan fingerprint density at radius 3 is 1.00 bits per heavy atom. The van der Waals surface area contributed by atoms with Gasteiger partial charge < -0.3 is 111 Å². The highest BCUT2D eigenvalue weighted by molar-refractivity contribution is 5.77. The second-order valence-electron chi connectivity index (χ2n) is 32.1. The molecule has 4 aliphatic heterocycles. The van der Waals surface area contributed by atoms with Crippen LogP contribution in [0.2, 0.25) is 0 Å². The zero-order valence-electron chi connectivity index (χ0n) is 130. The molecule has 4 heterocycles. The molecule has 4 fully saturated rings. The number of halogens is 2. The van der Waals surface area contributed by atoms with Crippen molar-refractivity contribution in [3.63, 3.8) is 0 Å². The first kappa shape index (κ1) is 71.4. The second-order valence-corrected chi connectivity index (χ2v) is 32.1. The number of Topliss-reactive ketones (excluding diaryl/α,β-unsaturated/α-hetero) is 2. The van der Waals surface area contributed by atoms with Crippen molar-refractivity contribution in [2.24, 2.45) is 17.8 Å². The summed E-state index contributed by atoms with van der Waals surface area (Å²) in [6.45, 7) is 19.2. The average Bonchev–Trinajstić information content (AvgIpc) is 0.807. The van der Waals surface area contributed by atoms with Gasteiger partial charge in [0, 0.05) is 168 Å². The molecular weight excluding hydrogens is 1710 g/mol. The first-order chi connectivity index (χ1) is 89.4. The van der Waals surface area contributed by atoms with Crippen LogP contribution in [0.15, 0.2) is 176 Å². The number of aliphatic hydroxyl groups is 4. The summed E-state index contributed by atoms with van der Waals surface area (Å²) in [4.78, 5) is 115. The molecule has 4 saturated heterocycles. The van der Waals surface area contributed by atoms with Crippen LogP contribution < -0.4 is 9.47 Å². The number of esters is 8. The van der Waals surface area contributed by atoms with Crippen LogP contribution in [-0.4, -0.2) is 211 Å². The molecule has 0 aliphatic carbocycles. The summed E-state index contributed by atoms with van der Waals surface area (Å²) < 4.78 is 394. The number of benzene rings is 7. The molecule has 0 bridgehead atoms. The Morgan fingerprint density at radius 1 is 0.344 bits per heavy atom. The van der Waals surface area contributed by atoms with Gasteiger partial charge in [-0.3, -0.25) is 38.4 Å². The summed E-state index contributed by atoms with van der Waals surface area (Å²) in [5.41, 5.74) is 7.51. The first-order valence-corrected chi connectivity index (χ1v) is 43.1. The van der Waals surface area contributed by atoms with Crippen LogP contribution >= 0.6 is 0 Å². The molecule has 0 spiro atoms. The van der Waals surface area contributed by atoms with E-state index in [2.05, 4.69) is 0 Å². The van der Waals surface area contributed by atoms with E-state index in [1.165, 1.54) is 79.7 Å². The molecule has 11 rings (SSSR count). The highest BCUT2D eigenvalue weighted by Gasteiger charge is 2.53. The Kier molecular flexibility index (Phi) is 28.7. The molecule has 7 aromatic rings. The number of aryl methyl sites for hydroxylation is 2. The van der Waals surface area contributed by atoms with Gasteiger partial charge in [0.2, 0.25) is 43.5 Å². The van der Waals surface area contributed by atoms with E-state index in [0.717, 1.165) is 38.9 Å². The topological polar surface area (TPSA) is 409 Å². The molecule has 31 nitrogen and oxygen atoms in total. The number of hydrogen-bond donors (Lipinski definition) is 4. The molecule has 4 aliphatic rings. The molecule has 0 saturated carbocycles. The van der Waals surface area contributed by atoms with Crippen LogP contribution in [0.25, 0.3) is 22.3 Å². The second kappa shape index (κ2) is 52.6. The van der Waals surface area contributed by atoms with E-state index in [9.17, 15) is 77.2 Å². The summed E-state index contributed by atoms with van der Waals surface area (Å²) in [6, 6.07) is 51.8. The fourth-order valence-corrected chi connectivity index (χ4v) is 15.0. The minimum atomic E-state index is -1.51. The van der Waals surface area contributed by atoms with Crippen LogP contribution in [0.4, 0.5) is 8.78 Å². The fraction of sp³-hybridized carbons (Fsp3) is 0.469. The van der Waals surface area contributed by atoms with Gasteiger partial charge in [0.15, 0.2) is 0 Å². The van der Waals surface area contributed by atoms with Crippen LogP contribution in [0, 0.1) is 29.4 Å². The van der Waals surface area contributed by atoms with Crippen LogP contribution in [0.3, 0.4) is 0 Å². The lowest BCUT2D eigenvalue weighted by atomic mass is 9.90. The maximum Gasteiger partial charge on any atom is 0.305 e. The third kappa shape index (κ3) is 33.8. The number of carbonyl (C=O) groups is 10. The van der Waals surface area contributed by atoms with E-state index < -0.39 is 164 Å². The predicted octanol–water partition coefficient (Wildman–Crippen LogP) is 18.7. The minimum absolute atomic E-state index is 0. The molecule has 7 aromatic carbocycles. The van der Waals surface area contributed by atoms with E-state index in [1.54, 1.807) is 76.2 Å². The fourth-order valence-electron chi connectivity index (χ4n) is 15.0. The SMILES string of the molecule is CC(=O)CCCc1ccc(O[C@@H]2O[C@@H](COCc3ccccc3)[C@H](O)[C@@H](O)[C@H]2O)cc1-c1cccc(F)c1.CC(=O)CCCc1ccc(O[C@H]2O[C@@H](COCc3ccccc3)[C@H](C)[C@@H](OC(C)=O)[C@H]2OC(C)=O)cc1-c1cccc(F)c1.CC(=O)OC1O[C@@H](CO)[C@H](C)[C@@H](OC(C)=O)[C@H]1OC(C)=O.CC(=O)OC1O[C@@H](COCc2ccccc2)[C@H](C)[C@@H](OC(C)=O)[C@H]1OC(C)=O.[3HH].[3H][3H].[3H][3H].[3H][3H].[3H][3H].[3H][3H].[3H][3H].[3H][3H].[3H][3H].[3H][3H].[3H][3H].[3H][3H].[3H][3H].[3H][3H].[3H][3H].[3H][3H].[3H][3H].[3H][3H].[3H][3H].[3H][3H].[3H][3H].[3H][3H].[3H][3H].[3H][3H].[3H][3H].[3H][3H].[3H][3H].[3H][3H]. The molecule has 33 heteroatoms. The van der Waals surface area contributed by atoms with Gasteiger partial charge in [-0.05, 0) is 138 Å². The van der Waals surface area contributed by atoms with Crippen molar-refractivity contribution in [1.82, 2.24) is 0 Å². The van der Waals surface area contributed by atoms with Gasteiger partial charge in [0.05, 0.1) is 64.6 Å². The maximum atomic E-state index is 14.2. The highest BCUT2D eigenvalue weighted by Crippen LogP contribution is 2.39. The first-order valence-electron chi connectivity index (χ1n) is 70.1. The van der Waals surface area contributed by atoms with Crippen molar-refractivity contribution in [2.75, 3.05) is 26.4 Å². The lowest BCUT2D eigenvalue weighted by Crippen LogP contribution is -2.60. The number of aliphatic hydroxyl groups excluding tert-OH is 4. The van der Waals surface area contributed by atoms with Gasteiger partial charge in [-0.15, -0.1) is 0 Å². The molecular formula is C98H174F2O31. The molecule has 4 N–H and O–H groups in total. The Labute approximate surface area is 844 Å². The van der Waals surface area contributed by atoms with Gasteiger partial charge in [0.25, 0.3) is 0 Å². The predicted molar refractivity (Wildman–Crippen MR) is 524 cm³/mol. The van der Waals surface area contributed by atoms with Gasteiger partial charge >= 0.3 is 47.8 Å². The molecule has 0 aromatic heterocycles. The van der Waals surface area contributed by atoms with Crippen LogP contribution in [0.1, 0.15) is 225 Å². The number of ketones is 2. The van der Waals surface area contributed by atoms with Gasteiger partial charge in [-0.2, -0.15) is 0 Å². The van der Waals surface area contributed by atoms with E-state index in [0.29, 0.717) is 81.0 Å². The summed E-state index contributed by atoms with van der Waals surface area (Å²) >= 11 is 0.